The van der Waals surface area contributed by atoms with E-state index in [4.69, 9.17) is 5.73 Å². The van der Waals surface area contributed by atoms with Crippen LogP contribution in [-0.4, -0.2) is 42.1 Å². The van der Waals surface area contributed by atoms with Gasteiger partial charge in [0.05, 0.1) is 16.8 Å². The van der Waals surface area contributed by atoms with E-state index in [1.165, 1.54) is 29.9 Å². The van der Waals surface area contributed by atoms with Crippen LogP contribution >= 0.6 is 0 Å². The average molecular weight is 441 g/mol. The van der Waals surface area contributed by atoms with Crippen molar-refractivity contribution in [2.75, 3.05) is 17.7 Å². The van der Waals surface area contributed by atoms with Gasteiger partial charge in [-0.05, 0) is 57.0 Å². The smallest absolute Gasteiger partial charge is 0.240 e. The number of nitrogens with one attached hydrogen (secondary N) is 3. The normalized spacial score (nSPS) is 19.1. The summed E-state index contributed by atoms with van der Waals surface area (Å²) in [5.74, 6) is 0.624. The maximum Gasteiger partial charge on any atom is 0.240 e. The highest BCUT2D eigenvalue weighted by Gasteiger charge is 2.20. The van der Waals surface area contributed by atoms with Gasteiger partial charge in [0.25, 0.3) is 0 Å². The number of rotatable bonds is 6. The molecule has 10 nitrogen and oxygen atoms in total. The van der Waals surface area contributed by atoms with Gasteiger partial charge in [0, 0.05) is 23.8 Å². The van der Waals surface area contributed by atoms with Crippen LogP contribution in [0.15, 0.2) is 41.4 Å². The lowest BCUT2D eigenvalue weighted by Crippen LogP contribution is -2.33. The van der Waals surface area contributed by atoms with Crippen LogP contribution in [0.4, 0.5) is 17.2 Å². The van der Waals surface area contributed by atoms with E-state index in [0.717, 1.165) is 25.7 Å². The number of benzene rings is 1. The Morgan fingerprint density at radius 1 is 1.19 bits per heavy atom. The fourth-order valence-electron chi connectivity index (χ4n) is 3.67. The Labute approximate surface area is 180 Å². The minimum atomic E-state index is -3.51. The predicted octanol–water partition coefficient (Wildman–Crippen LogP) is 1.93. The lowest BCUT2D eigenvalue weighted by molar-refractivity contribution is 0.410. The predicted molar refractivity (Wildman–Crippen MR) is 118 cm³/mol. The topological polar surface area (TPSA) is 150 Å². The second-order valence-electron chi connectivity index (χ2n) is 7.55. The van der Waals surface area contributed by atoms with Gasteiger partial charge >= 0.3 is 0 Å². The first-order chi connectivity index (χ1) is 14.9. The van der Waals surface area contributed by atoms with Crippen LogP contribution in [0.2, 0.25) is 0 Å². The van der Waals surface area contributed by atoms with Gasteiger partial charge in [-0.2, -0.15) is 9.78 Å². The number of fused-ring (bicyclic) bond motifs is 1. The third-order valence-electron chi connectivity index (χ3n) is 5.42. The first-order valence-corrected chi connectivity index (χ1v) is 11.5. The third kappa shape index (κ3) is 4.46. The molecule has 0 bridgehead atoms. The Kier molecular flexibility index (Phi) is 5.77. The Bertz CT molecular complexity index is 1220. The second-order valence-corrected chi connectivity index (χ2v) is 9.43. The van der Waals surface area contributed by atoms with Gasteiger partial charge in [-0.3, -0.25) is 0 Å². The summed E-state index contributed by atoms with van der Waals surface area (Å²) < 4.78 is 27.7. The van der Waals surface area contributed by atoms with Crippen LogP contribution in [0.1, 0.15) is 31.4 Å². The summed E-state index contributed by atoms with van der Waals surface area (Å²) in [4.78, 5) is 4.49. The van der Waals surface area contributed by atoms with E-state index in [9.17, 15) is 13.7 Å². The Morgan fingerprint density at radius 3 is 2.55 bits per heavy atom. The zero-order valence-electron chi connectivity index (χ0n) is 17.0. The molecule has 4 rings (SSSR count). The molecule has 1 aromatic carbocycles. The Balaban J connectivity index is 1.65. The van der Waals surface area contributed by atoms with E-state index in [1.54, 1.807) is 12.1 Å². The minimum absolute atomic E-state index is 0.172. The highest BCUT2D eigenvalue weighted by atomic mass is 32.2. The second kappa shape index (κ2) is 8.50. The molecule has 1 saturated carbocycles. The number of imidazole rings is 1. The number of nitrogens with zero attached hydrogens (tertiary/aromatic N) is 4. The van der Waals surface area contributed by atoms with Gasteiger partial charge in [-0.1, -0.05) is 0 Å². The SMILES string of the molecule is CNS(=O)(=O)c1ccc(Nc2cc(NC3CCC(N)CC3)nn3c(C#N)cnc23)cc1. The monoisotopic (exact) mass is 440 g/mol. The summed E-state index contributed by atoms with van der Waals surface area (Å²) in [6, 6.07) is 10.8. The van der Waals surface area contributed by atoms with Crippen LogP contribution in [0.25, 0.3) is 5.65 Å². The lowest BCUT2D eigenvalue weighted by atomic mass is 9.92. The zero-order chi connectivity index (χ0) is 22.0. The molecule has 0 aliphatic heterocycles. The molecule has 0 atom stereocenters. The third-order valence-corrected chi connectivity index (χ3v) is 6.85. The van der Waals surface area contributed by atoms with Crippen molar-refractivity contribution in [3.05, 3.63) is 42.2 Å². The van der Waals surface area contributed by atoms with E-state index in [0.29, 0.717) is 28.5 Å². The highest BCUT2D eigenvalue weighted by molar-refractivity contribution is 7.89. The molecule has 3 aromatic rings. The number of nitriles is 1. The van der Waals surface area contributed by atoms with Crippen LogP contribution in [-0.2, 0) is 10.0 Å². The van der Waals surface area contributed by atoms with Crippen molar-refractivity contribution in [1.82, 2.24) is 19.3 Å². The van der Waals surface area contributed by atoms with E-state index in [2.05, 4.69) is 31.5 Å². The Hall–Kier alpha value is -3.20. The molecule has 1 fully saturated rings. The van der Waals surface area contributed by atoms with Gasteiger partial charge < -0.3 is 16.4 Å². The van der Waals surface area contributed by atoms with E-state index >= 15 is 0 Å². The summed E-state index contributed by atoms with van der Waals surface area (Å²) in [5, 5.41) is 20.7. The van der Waals surface area contributed by atoms with Crippen molar-refractivity contribution in [2.24, 2.45) is 5.73 Å². The highest BCUT2D eigenvalue weighted by Crippen LogP contribution is 2.27. The number of sulfonamides is 1. The van der Waals surface area contributed by atoms with Gasteiger partial charge in [0.2, 0.25) is 10.0 Å². The first kappa shape index (κ1) is 21.0. The van der Waals surface area contributed by atoms with Crippen molar-refractivity contribution in [3.8, 4) is 6.07 Å². The molecule has 0 radical (unpaired) electrons. The maximum absolute atomic E-state index is 11.9. The quantitative estimate of drug-likeness (QED) is 0.454. The van der Waals surface area contributed by atoms with E-state index in [1.807, 2.05) is 6.07 Å². The van der Waals surface area contributed by atoms with Crippen LogP contribution in [0.3, 0.4) is 0 Å². The minimum Gasteiger partial charge on any atom is -0.366 e. The molecule has 0 unspecified atom stereocenters. The fraction of sp³-hybridized carbons (Fsp3) is 0.350. The number of hydrogen-bond acceptors (Lipinski definition) is 8. The summed E-state index contributed by atoms with van der Waals surface area (Å²) in [7, 11) is -2.14. The average Bonchev–Trinajstić information content (AvgIpc) is 3.19. The first-order valence-electron chi connectivity index (χ1n) is 10.0. The Morgan fingerprint density at radius 2 is 1.90 bits per heavy atom. The molecule has 2 aromatic heterocycles. The molecule has 1 aliphatic rings. The fourth-order valence-corrected chi connectivity index (χ4v) is 4.40. The largest absolute Gasteiger partial charge is 0.366 e. The van der Waals surface area contributed by atoms with Crippen molar-refractivity contribution in [3.63, 3.8) is 0 Å². The van der Waals surface area contributed by atoms with E-state index < -0.39 is 10.0 Å². The van der Waals surface area contributed by atoms with Gasteiger partial charge in [0.15, 0.2) is 11.3 Å². The van der Waals surface area contributed by atoms with Crippen LogP contribution < -0.4 is 21.1 Å². The molecule has 0 amide bonds. The summed E-state index contributed by atoms with van der Waals surface area (Å²) in [6.07, 6.45) is 5.31. The maximum atomic E-state index is 11.9. The van der Waals surface area contributed by atoms with E-state index in [-0.39, 0.29) is 17.0 Å². The number of hydrogen-bond donors (Lipinski definition) is 4. The van der Waals surface area contributed by atoms with Crippen molar-refractivity contribution >= 4 is 32.9 Å². The van der Waals surface area contributed by atoms with Gasteiger partial charge in [-0.15, -0.1) is 5.10 Å². The summed E-state index contributed by atoms with van der Waals surface area (Å²) >= 11 is 0. The summed E-state index contributed by atoms with van der Waals surface area (Å²) in [5.41, 5.74) is 8.15. The molecule has 1 aliphatic carbocycles. The molecule has 0 spiro atoms. The molecule has 2 heterocycles. The number of aromatic nitrogens is 3. The zero-order valence-corrected chi connectivity index (χ0v) is 17.9. The molecule has 11 heteroatoms. The van der Waals surface area contributed by atoms with Crippen molar-refractivity contribution < 1.29 is 8.42 Å². The van der Waals surface area contributed by atoms with Crippen molar-refractivity contribution in [2.45, 2.75) is 42.7 Å². The standard InChI is InChI=1S/C20H24N8O2S/c1-23-31(29,30)17-8-6-14(7-9-17)25-18-10-19(26-15-4-2-13(22)3-5-15)27-28-16(11-21)12-24-20(18)28/h6-10,12-13,15,23,25H,2-5,22H2,1H3,(H,26,27). The van der Waals surface area contributed by atoms with Gasteiger partial charge in [-0.25, -0.2) is 18.1 Å². The lowest BCUT2D eigenvalue weighted by Gasteiger charge is -2.27. The molecule has 162 valence electrons. The molecular weight excluding hydrogens is 416 g/mol. The molecule has 5 N–H and O–H groups in total. The number of nitrogens with two attached hydrogens (primary N) is 1. The molecular formula is C20H24N8O2S. The number of anilines is 3. The van der Waals surface area contributed by atoms with Crippen molar-refractivity contribution in [1.29, 1.82) is 5.26 Å². The van der Waals surface area contributed by atoms with Crippen LogP contribution in [0.5, 0.6) is 0 Å². The molecule has 0 saturated heterocycles. The molecule has 31 heavy (non-hydrogen) atoms. The van der Waals surface area contributed by atoms with Crippen LogP contribution in [0, 0.1) is 11.3 Å². The summed E-state index contributed by atoms with van der Waals surface area (Å²) in [6.45, 7) is 0. The van der Waals surface area contributed by atoms with Gasteiger partial charge in [0.1, 0.15) is 11.9 Å².